The van der Waals surface area contributed by atoms with E-state index in [0.29, 0.717) is 18.9 Å². The van der Waals surface area contributed by atoms with Crippen LogP contribution in [-0.4, -0.2) is 37.4 Å². The Hall–Kier alpha value is -3.25. The van der Waals surface area contributed by atoms with Crippen molar-refractivity contribution >= 4 is 17.3 Å². The lowest BCUT2D eigenvalue weighted by Gasteiger charge is -2.39. The van der Waals surface area contributed by atoms with Crippen LogP contribution in [0.25, 0.3) is 0 Å². The van der Waals surface area contributed by atoms with Crippen LogP contribution in [0.2, 0.25) is 0 Å². The molecule has 1 N–H and O–H groups in total. The lowest BCUT2D eigenvalue weighted by atomic mass is 9.92. The van der Waals surface area contributed by atoms with E-state index >= 15 is 0 Å². The third-order valence-corrected chi connectivity index (χ3v) is 6.53. The third-order valence-electron chi connectivity index (χ3n) is 6.15. The first-order valence-electron chi connectivity index (χ1n) is 11.5. The number of ether oxygens (including phenoxy) is 3. The number of methoxy groups -OCH3 is 2. The van der Waals surface area contributed by atoms with Crippen LogP contribution in [0.3, 0.4) is 0 Å². The first kappa shape index (κ1) is 23.9. The fraction of sp³-hybridized carbons (Fsp3) is 0.321. The van der Waals surface area contributed by atoms with Gasteiger partial charge in [0.25, 0.3) is 0 Å². The van der Waals surface area contributed by atoms with Crippen molar-refractivity contribution in [2.75, 3.05) is 27.4 Å². The van der Waals surface area contributed by atoms with Gasteiger partial charge in [-0.3, -0.25) is 0 Å². The van der Waals surface area contributed by atoms with Crippen molar-refractivity contribution in [3.63, 3.8) is 0 Å². The molecule has 1 aliphatic heterocycles. The van der Waals surface area contributed by atoms with E-state index in [1.54, 1.807) is 14.2 Å². The molecule has 1 aliphatic rings. The van der Waals surface area contributed by atoms with Gasteiger partial charge in [0, 0.05) is 13.1 Å². The van der Waals surface area contributed by atoms with E-state index in [1.165, 1.54) is 22.3 Å². The minimum atomic E-state index is -0.0554. The summed E-state index contributed by atoms with van der Waals surface area (Å²) in [6.45, 7) is 6.12. The minimum absolute atomic E-state index is 0.0554. The molecule has 34 heavy (non-hydrogen) atoms. The second-order valence-electron chi connectivity index (χ2n) is 8.64. The van der Waals surface area contributed by atoms with Crippen LogP contribution in [-0.2, 0) is 13.0 Å². The average Bonchev–Trinajstić information content (AvgIpc) is 2.84. The van der Waals surface area contributed by atoms with Crippen molar-refractivity contribution in [2.45, 2.75) is 32.9 Å². The van der Waals surface area contributed by atoms with Gasteiger partial charge < -0.3 is 24.4 Å². The fourth-order valence-electron chi connectivity index (χ4n) is 4.52. The fourth-order valence-corrected chi connectivity index (χ4v) is 4.81. The van der Waals surface area contributed by atoms with Gasteiger partial charge in [-0.2, -0.15) is 0 Å². The SMILES string of the molecule is COc1cc2c(cc1OC)[C@@H](COc1cc(C)cc(C)c1)N(C(=S)NCc1ccccc1)CC2. The highest BCUT2D eigenvalue weighted by atomic mass is 32.1. The van der Waals surface area contributed by atoms with E-state index in [-0.39, 0.29) is 6.04 Å². The van der Waals surface area contributed by atoms with Crippen LogP contribution in [0, 0.1) is 13.8 Å². The van der Waals surface area contributed by atoms with Crippen LogP contribution in [0.5, 0.6) is 17.2 Å². The summed E-state index contributed by atoms with van der Waals surface area (Å²) in [5.74, 6) is 2.32. The van der Waals surface area contributed by atoms with Gasteiger partial charge in [0.15, 0.2) is 16.6 Å². The third kappa shape index (κ3) is 5.45. The Morgan fingerprint density at radius 1 is 0.971 bits per heavy atom. The smallest absolute Gasteiger partial charge is 0.169 e. The molecule has 6 heteroatoms. The van der Waals surface area contributed by atoms with Crippen molar-refractivity contribution in [1.29, 1.82) is 0 Å². The second-order valence-corrected chi connectivity index (χ2v) is 9.03. The number of nitrogens with one attached hydrogen (secondary N) is 1. The summed E-state index contributed by atoms with van der Waals surface area (Å²) < 4.78 is 17.5. The molecule has 0 unspecified atom stereocenters. The Bertz CT molecular complexity index is 1130. The van der Waals surface area contributed by atoms with E-state index in [9.17, 15) is 0 Å². The van der Waals surface area contributed by atoms with E-state index < -0.39 is 0 Å². The highest BCUT2D eigenvalue weighted by Crippen LogP contribution is 2.38. The largest absolute Gasteiger partial charge is 0.493 e. The molecule has 0 saturated heterocycles. The zero-order valence-corrected chi connectivity index (χ0v) is 21.1. The molecule has 3 aromatic rings. The molecule has 4 rings (SSSR count). The molecule has 0 saturated carbocycles. The lowest BCUT2D eigenvalue weighted by molar-refractivity contribution is 0.187. The van der Waals surface area contributed by atoms with Gasteiger partial charge in [0.1, 0.15) is 12.4 Å². The summed E-state index contributed by atoms with van der Waals surface area (Å²) in [5, 5.41) is 4.16. The van der Waals surface area contributed by atoms with Crippen LogP contribution >= 0.6 is 12.2 Å². The molecule has 5 nitrogen and oxygen atoms in total. The van der Waals surface area contributed by atoms with Gasteiger partial charge >= 0.3 is 0 Å². The predicted molar refractivity (Wildman–Crippen MR) is 140 cm³/mol. The van der Waals surface area contributed by atoms with Crippen LogP contribution < -0.4 is 19.5 Å². The molecule has 1 heterocycles. The number of aryl methyl sites for hydroxylation is 2. The van der Waals surface area contributed by atoms with Gasteiger partial charge in [-0.05, 0) is 84.6 Å². The summed E-state index contributed by atoms with van der Waals surface area (Å²) in [6.07, 6.45) is 0.864. The molecule has 0 fully saturated rings. The van der Waals surface area contributed by atoms with E-state index in [2.05, 4.69) is 66.5 Å². The normalized spacial score (nSPS) is 14.8. The van der Waals surface area contributed by atoms with Gasteiger partial charge in [-0.15, -0.1) is 0 Å². The Morgan fingerprint density at radius 3 is 2.32 bits per heavy atom. The summed E-state index contributed by atoms with van der Waals surface area (Å²) in [5.41, 5.74) is 5.94. The first-order chi connectivity index (χ1) is 16.5. The molecule has 3 aromatic carbocycles. The maximum Gasteiger partial charge on any atom is 0.169 e. The van der Waals surface area contributed by atoms with E-state index in [0.717, 1.165) is 35.1 Å². The average molecular weight is 477 g/mol. The monoisotopic (exact) mass is 476 g/mol. The molecule has 178 valence electrons. The molecule has 0 aromatic heterocycles. The Labute approximate surface area is 207 Å². The zero-order chi connectivity index (χ0) is 24.1. The number of hydrogen-bond donors (Lipinski definition) is 1. The highest BCUT2D eigenvalue weighted by Gasteiger charge is 2.31. The van der Waals surface area contributed by atoms with Crippen molar-refractivity contribution in [3.05, 3.63) is 88.5 Å². The molecule has 0 bridgehead atoms. The van der Waals surface area contributed by atoms with Crippen molar-refractivity contribution in [2.24, 2.45) is 0 Å². The standard InChI is InChI=1S/C28H32N2O3S/c1-19-12-20(2)14-23(13-19)33-18-25-24-16-27(32-4)26(31-3)15-22(24)10-11-30(25)28(34)29-17-21-8-6-5-7-9-21/h5-9,12-16,25H,10-11,17-18H2,1-4H3,(H,29,34)/t25-/m1/s1. The van der Waals surface area contributed by atoms with E-state index in [1.807, 2.05) is 18.2 Å². The number of fused-ring (bicyclic) bond motifs is 1. The Balaban J connectivity index is 1.61. The highest BCUT2D eigenvalue weighted by molar-refractivity contribution is 7.80. The molecule has 0 spiro atoms. The molecule has 1 atom stereocenters. The molecule has 0 amide bonds. The lowest BCUT2D eigenvalue weighted by Crippen LogP contribution is -2.47. The number of nitrogens with zero attached hydrogens (tertiary/aromatic N) is 1. The minimum Gasteiger partial charge on any atom is -0.493 e. The Kier molecular flexibility index (Phi) is 7.58. The van der Waals surface area contributed by atoms with E-state index in [4.69, 9.17) is 26.4 Å². The first-order valence-corrected chi connectivity index (χ1v) is 11.9. The second kappa shape index (κ2) is 10.8. The number of rotatable bonds is 7. The molecule has 0 aliphatic carbocycles. The zero-order valence-electron chi connectivity index (χ0n) is 20.3. The number of thiocarbonyl (C=S) groups is 1. The van der Waals surface area contributed by atoms with Crippen LogP contribution in [0.15, 0.2) is 60.7 Å². The summed E-state index contributed by atoms with van der Waals surface area (Å²) in [4.78, 5) is 2.23. The van der Waals surface area contributed by atoms with Gasteiger partial charge in [0.05, 0.1) is 20.3 Å². The van der Waals surface area contributed by atoms with Gasteiger partial charge in [0.2, 0.25) is 0 Å². The van der Waals surface area contributed by atoms with Crippen molar-refractivity contribution in [1.82, 2.24) is 10.2 Å². The molecule has 0 radical (unpaired) electrons. The number of hydrogen-bond acceptors (Lipinski definition) is 4. The summed E-state index contributed by atoms with van der Waals surface area (Å²) >= 11 is 5.86. The van der Waals surface area contributed by atoms with Gasteiger partial charge in [-0.25, -0.2) is 0 Å². The van der Waals surface area contributed by atoms with Gasteiger partial charge in [-0.1, -0.05) is 36.4 Å². The quantitative estimate of drug-likeness (QED) is 0.462. The predicted octanol–water partition coefficient (Wildman–Crippen LogP) is 5.37. The van der Waals surface area contributed by atoms with Crippen molar-refractivity contribution < 1.29 is 14.2 Å². The topological polar surface area (TPSA) is 43.0 Å². The number of benzene rings is 3. The maximum atomic E-state index is 6.34. The summed E-state index contributed by atoms with van der Waals surface area (Å²) in [6, 6.07) is 20.7. The van der Waals surface area contributed by atoms with Crippen LogP contribution in [0.1, 0.15) is 33.9 Å². The van der Waals surface area contributed by atoms with Crippen LogP contribution in [0.4, 0.5) is 0 Å². The maximum absolute atomic E-state index is 6.34. The Morgan fingerprint density at radius 2 is 1.65 bits per heavy atom. The summed E-state index contributed by atoms with van der Waals surface area (Å²) in [7, 11) is 3.33. The molecular formula is C28H32N2O3S. The van der Waals surface area contributed by atoms with Crippen molar-refractivity contribution in [3.8, 4) is 17.2 Å². The molecular weight excluding hydrogens is 444 g/mol.